The number of benzene rings is 1. The molecule has 0 unspecified atom stereocenters. The lowest BCUT2D eigenvalue weighted by Gasteiger charge is -2.17. The van der Waals surface area contributed by atoms with Gasteiger partial charge in [0.25, 0.3) is 0 Å². The average Bonchev–Trinajstić information content (AvgIpc) is 2.45. The molecule has 1 aromatic rings. The molecule has 0 bridgehead atoms. The molecule has 0 saturated heterocycles. The van der Waals surface area contributed by atoms with E-state index in [2.05, 4.69) is 17.9 Å². The van der Waals surface area contributed by atoms with Gasteiger partial charge in [-0.05, 0) is 49.8 Å². The normalized spacial score (nSPS) is 16.4. The van der Waals surface area contributed by atoms with E-state index in [4.69, 9.17) is 0 Å². The van der Waals surface area contributed by atoms with Gasteiger partial charge in [0, 0.05) is 12.0 Å². The molecule has 1 aromatic carbocycles. The van der Waals surface area contributed by atoms with Crippen LogP contribution in [0.3, 0.4) is 0 Å². The van der Waals surface area contributed by atoms with E-state index >= 15 is 0 Å². The summed E-state index contributed by atoms with van der Waals surface area (Å²) < 4.78 is 0. The Kier molecular flexibility index (Phi) is 5.05. The van der Waals surface area contributed by atoms with Crippen molar-refractivity contribution in [3.63, 3.8) is 0 Å². The van der Waals surface area contributed by atoms with Gasteiger partial charge >= 0.3 is 0 Å². The first kappa shape index (κ1) is 12.9. The lowest BCUT2D eigenvalue weighted by Crippen LogP contribution is -2.11. The summed E-state index contributed by atoms with van der Waals surface area (Å²) in [6.07, 6.45) is 8.12. The Morgan fingerprint density at radius 1 is 1.17 bits per heavy atom. The SMILES string of the molecule is O[C@H](CCC#Cc1ccccc1)C1=CCCCC1. The standard InChI is InChI=1S/C17H20O/c18-17(16-12-5-2-6-13-16)14-8-7-11-15-9-3-1-4-10-15/h1,3-4,9-10,12,17-18H,2,5-6,8,13-14H2/t17-/m1/s1. The van der Waals surface area contributed by atoms with Crippen LogP contribution in [0.5, 0.6) is 0 Å². The highest BCUT2D eigenvalue weighted by Gasteiger charge is 2.12. The fourth-order valence-electron chi connectivity index (χ4n) is 2.25. The van der Waals surface area contributed by atoms with Crippen molar-refractivity contribution in [3.8, 4) is 11.8 Å². The summed E-state index contributed by atoms with van der Waals surface area (Å²) in [7, 11) is 0. The summed E-state index contributed by atoms with van der Waals surface area (Å²) in [6, 6.07) is 9.99. The molecule has 0 radical (unpaired) electrons. The molecule has 1 heteroatoms. The molecular formula is C17H20O. The highest BCUT2D eigenvalue weighted by atomic mass is 16.3. The lowest BCUT2D eigenvalue weighted by atomic mass is 9.93. The van der Waals surface area contributed by atoms with Crippen molar-refractivity contribution in [2.75, 3.05) is 0 Å². The van der Waals surface area contributed by atoms with E-state index in [1.54, 1.807) is 0 Å². The van der Waals surface area contributed by atoms with Crippen LogP contribution in [0.1, 0.15) is 44.1 Å². The Hall–Kier alpha value is -1.52. The summed E-state index contributed by atoms with van der Waals surface area (Å²) in [5, 5.41) is 10.0. The van der Waals surface area contributed by atoms with Crippen molar-refractivity contribution < 1.29 is 5.11 Å². The molecular weight excluding hydrogens is 220 g/mol. The van der Waals surface area contributed by atoms with Crippen molar-refractivity contribution in [2.45, 2.75) is 44.6 Å². The van der Waals surface area contributed by atoms with Crippen LogP contribution in [0.15, 0.2) is 42.0 Å². The molecule has 0 spiro atoms. The Morgan fingerprint density at radius 2 is 2.00 bits per heavy atom. The minimum absolute atomic E-state index is 0.282. The van der Waals surface area contributed by atoms with Gasteiger partial charge in [-0.15, -0.1) is 0 Å². The highest BCUT2D eigenvalue weighted by molar-refractivity contribution is 5.33. The minimum Gasteiger partial charge on any atom is -0.389 e. The third kappa shape index (κ3) is 4.05. The van der Waals surface area contributed by atoms with Crippen molar-refractivity contribution in [2.24, 2.45) is 0 Å². The van der Waals surface area contributed by atoms with Gasteiger partial charge in [0.1, 0.15) is 0 Å². The molecule has 0 aromatic heterocycles. The second kappa shape index (κ2) is 7.03. The van der Waals surface area contributed by atoms with E-state index < -0.39 is 0 Å². The Labute approximate surface area is 110 Å². The zero-order valence-electron chi connectivity index (χ0n) is 10.7. The summed E-state index contributed by atoms with van der Waals surface area (Å²) in [5.74, 6) is 6.26. The molecule has 0 saturated carbocycles. The molecule has 0 fully saturated rings. The third-order valence-corrected chi connectivity index (χ3v) is 3.30. The van der Waals surface area contributed by atoms with Gasteiger partial charge in [-0.2, -0.15) is 0 Å². The van der Waals surface area contributed by atoms with E-state index in [1.165, 1.54) is 18.4 Å². The van der Waals surface area contributed by atoms with Crippen LogP contribution in [-0.2, 0) is 0 Å². The average molecular weight is 240 g/mol. The molecule has 0 aliphatic heterocycles. The molecule has 1 aliphatic rings. The maximum absolute atomic E-state index is 10.0. The van der Waals surface area contributed by atoms with Gasteiger partial charge in [-0.3, -0.25) is 0 Å². The van der Waals surface area contributed by atoms with Gasteiger partial charge in [-0.1, -0.05) is 36.1 Å². The van der Waals surface area contributed by atoms with Crippen molar-refractivity contribution in [3.05, 3.63) is 47.5 Å². The molecule has 1 nitrogen and oxygen atoms in total. The highest BCUT2D eigenvalue weighted by Crippen LogP contribution is 2.22. The maximum atomic E-state index is 10.0. The van der Waals surface area contributed by atoms with Crippen molar-refractivity contribution in [1.29, 1.82) is 0 Å². The summed E-state index contributed by atoms with van der Waals surface area (Å²) in [5.41, 5.74) is 2.27. The second-order valence-corrected chi connectivity index (χ2v) is 4.75. The first-order valence-electron chi connectivity index (χ1n) is 6.77. The van der Waals surface area contributed by atoms with E-state index in [1.807, 2.05) is 30.3 Å². The monoisotopic (exact) mass is 240 g/mol. The van der Waals surface area contributed by atoms with Crippen molar-refractivity contribution >= 4 is 0 Å². The fourth-order valence-corrected chi connectivity index (χ4v) is 2.25. The minimum atomic E-state index is -0.282. The van der Waals surface area contributed by atoms with Gasteiger partial charge < -0.3 is 5.11 Å². The molecule has 0 heterocycles. The number of allylic oxidation sites excluding steroid dienone is 1. The number of rotatable bonds is 3. The Morgan fingerprint density at radius 3 is 2.72 bits per heavy atom. The smallest absolute Gasteiger partial charge is 0.0759 e. The molecule has 0 amide bonds. The summed E-state index contributed by atoms with van der Waals surface area (Å²) in [4.78, 5) is 0. The number of hydrogen-bond acceptors (Lipinski definition) is 1. The number of hydrogen-bond donors (Lipinski definition) is 1. The van der Waals surface area contributed by atoms with Gasteiger partial charge in [0.05, 0.1) is 6.10 Å². The van der Waals surface area contributed by atoms with E-state index in [9.17, 15) is 5.11 Å². The zero-order chi connectivity index (χ0) is 12.6. The quantitative estimate of drug-likeness (QED) is 0.631. The topological polar surface area (TPSA) is 20.2 Å². The molecule has 18 heavy (non-hydrogen) atoms. The van der Waals surface area contributed by atoms with Crippen LogP contribution in [0.4, 0.5) is 0 Å². The number of aliphatic hydroxyl groups excluding tert-OH is 1. The summed E-state index contributed by atoms with van der Waals surface area (Å²) >= 11 is 0. The van der Waals surface area contributed by atoms with Crippen LogP contribution in [-0.4, -0.2) is 11.2 Å². The number of aliphatic hydroxyl groups is 1. The van der Waals surface area contributed by atoms with E-state index in [-0.39, 0.29) is 6.10 Å². The predicted octanol–water partition coefficient (Wildman–Crippen LogP) is 3.68. The first-order chi connectivity index (χ1) is 8.86. The van der Waals surface area contributed by atoms with Gasteiger partial charge in [0.15, 0.2) is 0 Å². The predicted molar refractivity (Wildman–Crippen MR) is 75.1 cm³/mol. The van der Waals surface area contributed by atoms with E-state index in [0.717, 1.165) is 31.2 Å². The van der Waals surface area contributed by atoms with Gasteiger partial charge in [0.2, 0.25) is 0 Å². The Bertz CT molecular complexity index is 447. The Balaban J connectivity index is 1.78. The largest absolute Gasteiger partial charge is 0.389 e. The van der Waals surface area contributed by atoms with Crippen LogP contribution >= 0.6 is 0 Å². The summed E-state index contributed by atoms with van der Waals surface area (Å²) in [6.45, 7) is 0. The molecule has 94 valence electrons. The van der Waals surface area contributed by atoms with Crippen LogP contribution in [0.2, 0.25) is 0 Å². The lowest BCUT2D eigenvalue weighted by molar-refractivity contribution is 0.195. The maximum Gasteiger partial charge on any atom is 0.0759 e. The molecule has 1 N–H and O–H groups in total. The van der Waals surface area contributed by atoms with Crippen molar-refractivity contribution in [1.82, 2.24) is 0 Å². The second-order valence-electron chi connectivity index (χ2n) is 4.75. The zero-order valence-corrected chi connectivity index (χ0v) is 10.7. The molecule has 1 atom stereocenters. The van der Waals surface area contributed by atoms with Crippen LogP contribution < -0.4 is 0 Å². The van der Waals surface area contributed by atoms with Crippen LogP contribution in [0, 0.1) is 11.8 Å². The third-order valence-electron chi connectivity index (χ3n) is 3.30. The first-order valence-corrected chi connectivity index (χ1v) is 6.77. The van der Waals surface area contributed by atoms with Crippen LogP contribution in [0.25, 0.3) is 0 Å². The molecule has 2 rings (SSSR count). The fraction of sp³-hybridized carbons (Fsp3) is 0.412. The molecule has 1 aliphatic carbocycles. The van der Waals surface area contributed by atoms with E-state index in [0.29, 0.717) is 0 Å². The van der Waals surface area contributed by atoms with Gasteiger partial charge in [-0.25, -0.2) is 0 Å².